The van der Waals surface area contributed by atoms with Crippen molar-refractivity contribution in [3.05, 3.63) is 82.3 Å². The maximum Gasteiger partial charge on any atom is 0.251 e. The van der Waals surface area contributed by atoms with Crippen LogP contribution in [0.4, 0.5) is 10.2 Å². The Kier molecular flexibility index (Phi) is 7.23. The number of nitrogens with zero attached hydrogens (tertiary/aromatic N) is 3. The van der Waals surface area contributed by atoms with Gasteiger partial charge in [-0.1, -0.05) is 29.8 Å². The van der Waals surface area contributed by atoms with Crippen molar-refractivity contribution in [3.63, 3.8) is 0 Å². The molecule has 2 aromatic carbocycles. The molecule has 0 radical (unpaired) electrons. The van der Waals surface area contributed by atoms with Gasteiger partial charge in [0.1, 0.15) is 17.7 Å². The van der Waals surface area contributed by atoms with Gasteiger partial charge in [-0.05, 0) is 50.1 Å². The molecule has 3 aromatic rings. The molecular formula is C24H27FN4O2S2. The molecule has 0 spiro atoms. The van der Waals surface area contributed by atoms with Crippen LogP contribution >= 0.6 is 27.0 Å². The van der Waals surface area contributed by atoms with E-state index in [0.29, 0.717) is 12.1 Å². The summed E-state index contributed by atoms with van der Waals surface area (Å²) >= 11 is 0. The van der Waals surface area contributed by atoms with Gasteiger partial charge in [0.05, 0.1) is 5.69 Å². The molecule has 0 saturated carbocycles. The van der Waals surface area contributed by atoms with E-state index >= 15 is 0 Å². The summed E-state index contributed by atoms with van der Waals surface area (Å²) in [7, 11) is 0. The van der Waals surface area contributed by atoms with Crippen molar-refractivity contribution in [1.29, 1.82) is 0 Å². The molecule has 5 rings (SSSR count). The van der Waals surface area contributed by atoms with E-state index in [9.17, 15) is 14.0 Å². The lowest BCUT2D eigenvalue weighted by atomic mass is 9.80. The second-order valence-corrected chi connectivity index (χ2v) is 8.24. The molecule has 2 atom stereocenters. The lowest BCUT2D eigenvalue weighted by Crippen LogP contribution is -2.56. The van der Waals surface area contributed by atoms with Crippen LogP contribution in [0.3, 0.4) is 0 Å². The Morgan fingerprint density at radius 1 is 1.09 bits per heavy atom. The van der Waals surface area contributed by atoms with Gasteiger partial charge in [-0.3, -0.25) is 14.5 Å². The Labute approximate surface area is 206 Å². The summed E-state index contributed by atoms with van der Waals surface area (Å²) in [6, 6.07) is 12.6. The summed E-state index contributed by atoms with van der Waals surface area (Å²) in [5.74, 6) is -0.464. The number of rotatable bonds is 3. The van der Waals surface area contributed by atoms with E-state index in [1.807, 2.05) is 30.7 Å². The number of anilines is 1. The smallest absolute Gasteiger partial charge is 0.251 e. The molecule has 0 saturated heterocycles. The fourth-order valence-corrected chi connectivity index (χ4v) is 4.75. The standard InChI is InChI=1S/C24H23FN4O2.2H2S/c1-14-5-3-6-17(13-14)22(30)26-21-20(16-7-9-18(25)10-8-16)19-15(2)27-29-12-4-11-28(23(19)29)24(21)31;;/h3,5-10,13,20-21H,4,11-12H2,1-2H3,(H,26,30);2*1H2/t20-,21-;;/m0../s1. The minimum atomic E-state index is -0.805. The van der Waals surface area contributed by atoms with Gasteiger partial charge in [0.2, 0.25) is 0 Å². The van der Waals surface area contributed by atoms with Crippen LogP contribution in [0.1, 0.15) is 45.1 Å². The van der Waals surface area contributed by atoms with Gasteiger partial charge < -0.3 is 5.32 Å². The molecule has 0 fully saturated rings. The summed E-state index contributed by atoms with van der Waals surface area (Å²) in [5, 5.41) is 7.64. The van der Waals surface area contributed by atoms with Crippen LogP contribution in [-0.2, 0) is 11.3 Å². The minimum Gasteiger partial charge on any atom is -0.339 e. The largest absolute Gasteiger partial charge is 0.339 e. The lowest BCUT2D eigenvalue weighted by Gasteiger charge is -2.40. The molecule has 2 amide bonds. The van der Waals surface area contributed by atoms with E-state index < -0.39 is 12.0 Å². The molecule has 6 nitrogen and oxygen atoms in total. The highest BCUT2D eigenvalue weighted by atomic mass is 32.1. The van der Waals surface area contributed by atoms with Crippen LogP contribution in [-0.4, -0.2) is 34.2 Å². The number of aryl methyl sites for hydroxylation is 3. The number of nitrogens with one attached hydrogen (secondary N) is 1. The van der Waals surface area contributed by atoms with Gasteiger partial charge in [-0.15, -0.1) is 0 Å². The zero-order valence-electron chi connectivity index (χ0n) is 18.4. The predicted octanol–water partition coefficient (Wildman–Crippen LogP) is 3.55. The summed E-state index contributed by atoms with van der Waals surface area (Å²) in [6.07, 6.45) is 0.805. The Hall–Kier alpha value is -2.78. The monoisotopic (exact) mass is 486 g/mol. The SMILES string of the molecule is Cc1cccc(C(=O)N[C@@H]2C(=O)N3CCCn4nc(C)c(c43)[C@@H]2c2ccc(F)cc2)c1.S.S. The van der Waals surface area contributed by atoms with Gasteiger partial charge in [-0.2, -0.15) is 32.1 Å². The number of benzene rings is 2. The second-order valence-electron chi connectivity index (χ2n) is 8.24. The van der Waals surface area contributed by atoms with Crippen molar-refractivity contribution < 1.29 is 14.0 Å². The van der Waals surface area contributed by atoms with Gasteiger partial charge in [0.25, 0.3) is 11.8 Å². The van der Waals surface area contributed by atoms with E-state index in [1.54, 1.807) is 29.2 Å². The van der Waals surface area contributed by atoms with E-state index in [-0.39, 0.29) is 44.6 Å². The van der Waals surface area contributed by atoms with Gasteiger partial charge >= 0.3 is 0 Å². The van der Waals surface area contributed by atoms with Crippen molar-refractivity contribution in [2.75, 3.05) is 11.4 Å². The molecule has 0 aliphatic carbocycles. The molecule has 174 valence electrons. The maximum absolute atomic E-state index is 13.6. The third-order valence-corrected chi connectivity index (χ3v) is 6.13. The summed E-state index contributed by atoms with van der Waals surface area (Å²) in [4.78, 5) is 28.4. The number of hydrogen-bond acceptors (Lipinski definition) is 3. The topological polar surface area (TPSA) is 67.2 Å². The Balaban J connectivity index is 0.00000153. The molecule has 1 N–H and O–H groups in total. The molecule has 1 aromatic heterocycles. The zero-order valence-corrected chi connectivity index (χ0v) is 20.4. The number of carbonyl (C=O) groups excluding carboxylic acids is 2. The van der Waals surface area contributed by atoms with Crippen molar-refractivity contribution in [3.8, 4) is 0 Å². The van der Waals surface area contributed by atoms with E-state index in [4.69, 9.17) is 0 Å². The Morgan fingerprint density at radius 3 is 2.52 bits per heavy atom. The van der Waals surface area contributed by atoms with Crippen LogP contribution in [0.2, 0.25) is 0 Å². The average molecular weight is 487 g/mol. The van der Waals surface area contributed by atoms with E-state index in [1.165, 1.54) is 12.1 Å². The van der Waals surface area contributed by atoms with Crippen LogP contribution < -0.4 is 10.2 Å². The first-order valence-corrected chi connectivity index (χ1v) is 10.5. The van der Waals surface area contributed by atoms with Crippen molar-refractivity contribution >= 4 is 44.6 Å². The summed E-state index contributed by atoms with van der Waals surface area (Å²) < 4.78 is 15.5. The van der Waals surface area contributed by atoms with Crippen molar-refractivity contribution in [1.82, 2.24) is 15.1 Å². The third kappa shape index (κ3) is 4.27. The van der Waals surface area contributed by atoms with E-state index in [2.05, 4.69) is 10.4 Å². The molecule has 9 heteroatoms. The van der Waals surface area contributed by atoms with Crippen LogP contribution in [0.15, 0.2) is 48.5 Å². The first kappa shape index (κ1) is 24.9. The average Bonchev–Trinajstić information content (AvgIpc) is 3.09. The summed E-state index contributed by atoms with van der Waals surface area (Å²) in [5.41, 5.74) is 3.98. The van der Waals surface area contributed by atoms with Crippen LogP contribution in [0, 0.1) is 19.7 Å². The fraction of sp³-hybridized carbons (Fsp3) is 0.292. The summed E-state index contributed by atoms with van der Waals surface area (Å²) in [6.45, 7) is 5.17. The molecule has 2 aliphatic heterocycles. The number of aromatic nitrogens is 2. The molecule has 2 aliphatic rings. The van der Waals surface area contributed by atoms with Crippen LogP contribution in [0.25, 0.3) is 0 Å². The second kappa shape index (κ2) is 9.61. The molecular weight excluding hydrogens is 459 g/mol. The van der Waals surface area contributed by atoms with Crippen LogP contribution in [0.5, 0.6) is 0 Å². The van der Waals surface area contributed by atoms with Gasteiger partial charge in [-0.25, -0.2) is 9.07 Å². The molecule has 0 unspecified atom stereocenters. The Morgan fingerprint density at radius 2 is 1.82 bits per heavy atom. The van der Waals surface area contributed by atoms with Crippen molar-refractivity contribution in [2.45, 2.75) is 38.8 Å². The van der Waals surface area contributed by atoms with Gasteiger partial charge in [0.15, 0.2) is 0 Å². The third-order valence-electron chi connectivity index (χ3n) is 6.13. The number of carbonyl (C=O) groups is 2. The minimum absolute atomic E-state index is 0. The lowest BCUT2D eigenvalue weighted by molar-refractivity contribution is -0.121. The first-order valence-electron chi connectivity index (χ1n) is 10.5. The number of hydrogen-bond donors (Lipinski definition) is 1. The fourth-order valence-electron chi connectivity index (χ4n) is 4.75. The Bertz CT molecular complexity index is 1200. The van der Waals surface area contributed by atoms with Gasteiger partial charge in [0, 0.05) is 30.1 Å². The number of halogens is 1. The van der Waals surface area contributed by atoms with Crippen molar-refractivity contribution in [2.24, 2.45) is 0 Å². The quantitative estimate of drug-likeness (QED) is 0.616. The molecule has 0 bridgehead atoms. The highest BCUT2D eigenvalue weighted by molar-refractivity contribution is 7.59. The van der Waals surface area contributed by atoms with E-state index in [0.717, 1.165) is 41.2 Å². The zero-order chi connectivity index (χ0) is 21.7. The molecule has 33 heavy (non-hydrogen) atoms. The first-order chi connectivity index (χ1) is 14.9. The molecule has 3 heterocycles. The highest BCUT2D eigenvalue weighted by Gasteiger charge is 2.46. The maximum atomic E-state index is 13.6. The normalized spacial score (nSPS) is 18.6. The highest BCUT2D eigenvalue weighted by Crippen LogP contribution is 2.43. The number of amides is 2. The predicted molar refractivity (Wildman–Crippen MR) is 135 cm³/mol.